The molecule has 0 atom stereocenters. The average Bonchev–Trinajstić information content (AvgIpc) is 3.09. The van der Waals surface area contributed by atoms with Crippen LogP contribution in [0.3, 0.4) is 0 Å². The maximum atomic E-state index is 12.6. The Labute approximate surface area is 178 Å². The summed E-state index contributed by atoms with van der Waals surface area (Å²) in [6, 6.07) is 17.7. The van der Waals surface area contributed by atoms with Crippen LogP contribution < -0.4 is 5.32 Å². The number of aryl methyl sites for hydroxylation is 2. The van der Waals surface area contributed by atoms with Crippen LogP contribution in [0.25, 0.3) is 5.69 Å². The number of hydrogen-bond donors (Lipinski definition) is 1. The Morgan fingerprint density at radius 3 is 2.23 bits per heavy atom. The van der Waals surface area contributed by atoms with E-state index in [1.165, 1.54) is 5.56 Å². The average molecular weight is 404 g/mol. The molecule has 3 aromatic rings. The molecule has 4 rings (SSSR count). The van der Waals surface area contributed by atoms with Crippen molar-refractivity contribution in [3.05, 3.63) is 77.1 Å². The first-order valence-corrected chi connectivity index (χ1v) is 10.4. The van der Waals surface area contributed by atoms with Crippen LogP contribution in [0.4, 0.5) is 5.69 Å². The van der Waals surface area contributed by atoms with E-state index in [1.54, 1.807) is 0 Å². The summed E-state index contributed by atoms with van der Waals surface area (Å²) in [7, 11) is 2.17. The van der Waals surface area contributed by atoms with E-state index in [-0.39, 0.29) is 5.91 Å². The molecule has 0 unspecified atom stereocenters. The molecule has 1 aliphatic heterocycles. The van der Waals surface area contributed by atoms with Gasteiger partial charge in [-0.15, -0.1) is 0 Å². The Kier molecular flexibility index (Phi) is 5.97. The minimum atomic E-state index is -0.110. The molecule has 6 nitrogen and oxygen atoms in total. The van der Waals surface area contributed by atoms with Gasteiger partial charge in [-0.2, -0.15) is 5.10 Å². The Morgan fingerprint density at radius 1 is 0.967 bits per heavy atom. The molecule has 2 heterocycles. The van der Waals surface area contributed by atoms with Gasteiger partial charge in [0.05, 0.1) is 11.4 Å². The smallest absolute Gasteiger partial charge is 0.255 e. The highest BCUT2D eigenvalue weighted by Crippen LogP contribution is 2.16. The van der Waals surface area contributed by atoms with Crippen molar-refractivity contribution in [3.8, 4) is 5.69 Å². The normalized spacial score (nSPS) is 15.3. The molecular weight excluding hydrogens is 374 g/mol. The highest BCUT2D eigenvalue weighted by molar-refractivity contribution is 6.04. The van der Waals surface area contributed by atoms with Gasteiger partial charge in [-0.25, -0.2) is 4.68 Å². The molecule has 1 N–H and O–H groups in total. The quantitative estimate of drug-likeness (QED) is 0.709. The van der Waals surface area contributed by atoms with Gasteiger partial charge in [-0.1, -0.05) is 12.1 Å². The van der Waals surface area contributed by atoms with Gasteiger partial charge in [-0.3, -0.25) is 9.69 Å². The van der Waals surface area contributed by atoms with Gasteiger partial charge in [0.25, 0.3) is 5.91 Å². The summed E-state index contributed by atoms with van der Waals surface area (Å²) in [6.45, 7) is 9.38. The number of likely N-dealkylation sites (N-methyl/N-ethyl adjacent to an activating group) is 1. The molecule has 0 bridgehead atoms. The number of carbonyl (C=O) groups excluding carboxylic acids is 1. The minimum absolute atomic E-state index is 0.110. The predicted octanol–water partition coefficient (Wildman–Crippen LogP) is 3.49. The van der Waals surface area contributed by atoms with E-state index >= 15 is 0 Å². The molecule has 1 fully saturated rings. The number of amides is 1. The summed E-state index contributed by atoms with van der Waals surface area (Å²) < 4.78 is 1.89. The topological polar surface area (TPSA) is 53.4 Å². The summed E-state index contributed by atoms with van der Waals surface area (Å²) in [4.78, 5) is 17.4. The lowest BCUT2D eigenvalue weighted by Gasteiger charge is -2.32. The fraction of sp³-hybridized carbons (Fsp3) is 0.333. The van der Waals surface area contributed by atoms with Crippen molar-refractivity contribution in [1.29, 1.82) is 0 Å². The summed E-state index contributed by atoms with van der Waals surface area (Å²) >= 11 is 0. The number of aromatic nitrogens is 2. The van der Waals surface area contributed by atoms with Gasteiger partial charge < -0.3 is 10.2 Å². The highest BCUT2D eigenvalue weighted by atomic mass is 16.1. The van der Waals surface area contributed by atoms with Crippen molar-refractivity contribution in [3.63, 3.8) is 0 Å². The fourth-order valence-electron chi connectivity index (χ4n) is 3.81. The highest BCUT2D eigenvalue weighted by Gasteiger charge is 2.14. The maximum Gasteiger partial charge on any atom is 0.255 e. The van der Waals surface area contributed by atoms with Gasteiger partial charge in [-0.05, 0) is 68.9 Å². The lowest BCUT2D eigenvalue weighted by molar-refractivity contribution is 0.102. The molecule has 0 radical (unpaired) electrons. The molecule has 0 spiro atoms. The number of carbonyl (C=O) groups is 1. The van der Waals surface area contributed by atoms with Crippen molar-refractivity contribution >= 4 is 11.6 Å². The van der Waals surface area contributed by atoms with E-state index in [9.17, 15) is 4.79 Å². The Balaban J connectivity index is 1.36. The molecule has 0 aliphatic carbocycles. The van der Waals surface area contributed by atoms with Crippen molar-refractivity contribution in [2.75, 3.05) is 38.5 Å². The summed E-state index contributed by atoms with van der Waals surface area (Å²) in [5.41, 5.74) is 5.70. The lowest BCUT2D eigenvalue weighted by atomic mass is 10.1. The number of nitrogens with zero attached hydrogens (tertiary/aromatic N) is 4. The zero-order valence-electron chi connectivity index (χ0n) is 17.9. The number of rotatable bonds is 5. The maximum absolute atomic E-state index is 12.6. The van der Waals surface area contributed by atoms with Gasteiger partial charge in [0.15, 0.2) is 0 Å². The third kappa shape index (κ3) is 4.78. The van der Waals surface area contributed by atoms with E-state index in [0.717, 1.165) is 55.5 Å². The van der Waals surface area contributed by atoms with E-state index in [1.807, 2.05) is 61.0 Å². The van der Waals surface area contributed by atoms with Crippen LogP contribution in [-0.2, 0) is 6.54 Å². The monoisotopic (exact) mass is 403 g/mol. The largest absolute Gasteiger partial charge is 0.322 e. The Morgan fingerprint density at radius 2 is 1.63 bits per heavy atom. The van der Waals surface area contributed by atoms with E-state index in [4.69, 9.17) is 0 Å². The molecule has 1 aromatic heterocycles. The summed E-state index contributed by atoms with van der Waals surface area (Å²) in [5, 5.41) is 7.47. The second-order valence-corrected chi connectivity index (χ2v) is 8.12. The zero-order valence-corrected chi connectivity index (χ0v) is 17.9. The van der Waals surface area contributed by atoms with Crippen LogP contribution in [0.5, 0.6) is 0 Å². The third-order valence-electron chi connectivity index (χ3n) is 5.60. The Bertz CT molecular complexity index is 999. The van der Waals surface area contributed by atoms with E-state index in [0.29, 0.717) is 5.56 Å². The molecule has 1 saturated heterocycles. The first-order chi connectivity index (χ1) is 14.5. The van der Waals surface area contributed by atoms with Gasteiger partial charge in [0.1, 0.15) is 0 Å². The lowest BCUT2D eigenvalue weighted by Crippen LogP contribution is -2.43. The SMILES string of the molecule is Cc1cc(C)n(-c2ccc(C(=O)Nc3ccc(CN4CCN(C)CC4)cc3)cc2)n1. The molecular formula is C24H29N5O. The van der Waals surface area contributed by atoms with Crippen LogP contribution in [-0.4, -0.2) is 58.7 Å². The van der Waals surface area contributed by atoms with Crippen LogP contribution in [0.15, 0.2) is 54.6 Å². The zero-order chi connectivity index (χ0) is 21.1. The van der Waals surface area contributed by atoms with Crippen LogP contribution >= 0.6 is 0 Å². The molecule has 1 amide bonds. The van der Waals surface area contributed by atoms with Crippen molar-refractivity contribution in [1.82, 2.24) is 19.6 Å². The number of piperazine rings is 1. The molecule has 6 heteroatoms. The first-order valence-electron chi connectivity index (χ1n) is 10.4. The standard InChI is InChI=1S/C24H29N5O/c1-18-16-19(2)29(26-18)23-10-6-21(7-11-23)24(30)25-22-8-4-20(5-9-22)17-28-14-12-27(3)13-15-28/h4-11,16H,12-15,17H2,1-3H3,(H,25,30). The molecule has 2 aromatic carbocycles. The third-order valence-corrected chi connectivity index (χ3v) is 5.60. The van der Waals surface area contributed by atoms with Crippen molar-refractivity contribution < 1.29 is 4.79 Å². The second-order valence-electron chi connectivity index (χ2n) is 8.12. The Hall–Kier alpha value is -2.96. The number of hydrogen-bond acceptors (Lipinski definition) is 4. The van der Waals surface area contributed by atoms with Crippen molar-refractivity contribution in [2.45, 2.75) is 20.4 Å². The van der Waals surface area contributed by atoms with Gasteiger partial charge in [0.2, 0.25) is 0 Å². The summed E-state index contributed by atoms with van der Waals surface area (Å²) in [5.74, 6) is -0.110. The van der Waals surface area contributed by atoms with Crippen molar-refractivity contribution in [2.24, 2.45) is 0 Å². The molecule has 156 valence electrons. The van der Waals surface area contributed by atoms with E-state index in [2.05, 4.69) is 39.4 Å². The summed E-state index contributed by atoms with van der Waals surface area (Å²) in [6.07, 6.45) is 0. The van der Waals surface area contributed by atoms with Gasteiger partial charge >= 0.3 is 0 Å². The molecule has 30 heavy (non-hydrogen) atoms. The molecule has 0 saturated carbocycles. The predicted molar refractivity (Wildman–Crippen MR) is 120 cm³/mol. The second kappa shape index (κ2) is 8.81. The van der Waals surface area contributed by atoms with Gasteiger partial charge in [0, 0.05) is 49.7 Å². The molecule has 1 aliphatic rings. The number of benzene rings is 2. The number of nitrogens with one attached hydrogen (secondary N) is 1. The van der Waals surface area contributed by atoms with Crippen LogP contribution in [0.2, 0.25) is 0 Å². The number of anilines is 1. The van der Waals surface area contributed by atoms with Crippen LogP contribution in [0.1, 0.15) is 27.3 Å². The fourth-order valence-corrected chi connectivity index (χ4v) is 3.81. The minimum Gasteiger partial charge on any atom is -0.322 e. The van der Waals surface area contributed by atoms with E-state index < -0.39 is 0 Å². The first kappa shape index (κ1) is 20.3. The van der Waals surface area contributed by atoms with Crippen LogP contribution in [0, 0.1) is 13.8 Å².